The van der Waals surface area contributed by atoms with E-state index in [4.69, 9.17) is 10.3 Å². The predicted octanol–water partition coefficient (Wildman–Crippen LogP) is 0.292. The van der Waals surface area contributed by atoms with Gasteiger partial charge in [0.1, 0.15) is 4.90 Å². The van der Waals surface area contributed by atoms with Gasteiger partial charge in [0.15, 0.2) is 0 Å². The Morgan fingerprint density at radius 3 is 2.47 bits per heavy atom. The summed E-state index contributed by atoms with van der Waals surface area (Å²) < 4.78 is 30.2. The number of anilines is 1. The van der Waals surface area contributed by atoms with Crippen molar-refractivity contribution in [3.8, 4) is 0 Å². The van der Waals surface area contributed by atoms with Crippen LogP contribution in [0.25, 0.3) is 0 Å². The van der Waals surface area contributed by atoms with Gasteiger partial charge in [-0.05, 0) is 12.1 Å². The third kappa shape index (κ3) is 2.89. The molecule has 0 aliphatic heterocycles. The van der Waals surface area contributed by atoms with Gasteiger partial charge in [0.25, 0.3) is 10.1 Å². The van der Waals surface area contributed by atoms with Crippen molar-refractivity contribution in [2.45, 2.75) is 11.4 Å². The minimum atomic E-state index is -4.37. The lowest BCUT2D eigenvalue weighted by Gasteiger charge is -2.03. The summed E-state index contributed by atoms with van der Waals surface area (Å²) >= 11 is 0. The van der Waals surface area contributed by atoms with Gasteiger partial charge in [-0.15, -0.1) is 0 Å². The van der Waals surface area contributed by atoms with Gasteiger partial charge in [-0.1, -0.05) is 6.07 Å². The molecule has 1 aromatic rings. The highest BCUT2D eigenvalue weighted by molar-refractivity contribution is 7.86. The number of nitrogens with two attached hydrogens (primary N) is 1. The SMILES string of the molecule is Nc1cc(C[N+](=O)[O-])ccc1S(=O)(=O)O. The number of rotatable bonds is 3. The molecule has 0 atom stereocenters. The van der Waals surface area contributed by atoms with Crippen molar-refractivity contribution in [3.63, 3.8) is 0 Å². The van der Waals surface area contributed by atoms with Crippen LogP contribution in [-0.4, -0.2) is 17.9 Å². The second-order valence-electron chi connectivity index (χ2n) is 2.84. The zero-order valence-corrected chi connectivity index (χ0v) is 8.27. The maximum atomic E-state index is 10.7. The highest BCUT2D eigenvalue weighted by Gasteiger charge is 2.14. The second kappa shape index (κ2) is 3.83. The van der Waals surface area contributed by atoms with E-state index in [1.807, 2.05) is 0 Å². The monoisotopic (exact) mass is 232 g/mol. The Labute approximate surface area is 85.4 Å². The molecule has 0 spiro atoms. The fourth-order valence-electron chi connectivity index (χ4n) is 1.08. The van der Waals surface area contributed by atoms with E-state index in [0.29, 0.717) is 0 Å². The Kier molecular flexibility index (Phi) is 2.91. The van der Waals surface area contributed by atoms with Gasteiger partial charge in [0.05, 0.1) is 5.69 Å². The van der Waals surface area contributed by atoms with Gasteiger partial charge in [-0.2, -0.15) is 8.42 Å². The van der Waals surface area contributed by atoms with E-state index in [2.05, 4.69) is 0 Å². The molecule has 82 valence electrons. The first-order valence-corrected chi connectivity index (χ1v) is 5.22. The molecule has 0 fully saturated rings. The highest BCUT2D eigenvalue weighted by atomic mass is 32.2. The standard InChI is InChI=1S/C7H8N2O5S/c8-6-3-5(4-9(10)11)1-2-7(6)15(12,13)14/h1-3H,4,8H2,(H,12,13,14). The molecule has 1 aromatic carbocycles. The second-order valence-corrected chi connectivity index (χ2v) is 4.23. The van der Waals surface area contributed by atoms with Crippen molar-refractivity contribution in [1.29, 1.82) is 0 Å². The van der Waals surface area contributed by atoms with Gasteiger partial charge in [0.2, 0.25) is 6.54 Å². The number of hydrogen-bond acceptors (Lipinski definition) is 5. The first-order valence-electron chi connectivity index (χ1n) is 3.78. The van der Waals surface area contributed by atoms with Crippen LogP contribution >= 0.6 is 0 Å². The summed E-state index contributed by atoms with van der Waals surface area (Å²) in [5.41, 5.74) is 5.38. The van der Waals surface area contributed by atoms with Crippen LogP contribution in [0.3, 0.4) is 0 Å². The number of hydrogen-bond donors (Lipinski definition) is 2. The Balaban J connectivity index is 3.15. The predicted molar refractivity (Wildman–Crippen MR) is 51.4 cm³/mol. The van der Waals surface area contributed by atoms with Crippen molar-refractivity contribution in [1.82, 2.24) is 0 Å². The summed E-state index contributed by atoms with van der Waals surface area (Å²) in [4.78, 5) is 9.14. The molecule has 8 heteroatoms. The van der Waals surface area contributed by atoms with Crippen LogP contribution in [-0.2, 0) is 16.7 Å². The third-order valence-corrected chi connectivity index (χ3v) is 2.59. The molecule has 3 N–H and O–H groups in total. The van der Waals surface area contributed by atoms with E-state index in [0.717, 1.165) is 12.1 Å². The Hall–Kier alpha value is -1.67. The lowest BCUT2D eigenvalue weighted by Crippen LogP contribution is -2.05. The summed E-state index contributed by atoms with van der Waals surface area (Å²) in [5, 5.41) is 10.2. The normalized spacial score (nSPS) is 11.3. The van der Waals surface area contributed by atoms with Gasteiger partial charge in [-0.25, -0.2) is 0 Å². The smallest absolute Gasteiger partial charge is 0.296 e. The minimum Gasteiger partial charge on any atom is -0.398 e. The molecule has 0 radical (unpaired) electrons. The van der Waals surface area contributed by atoms with Gasteiger partial charge in [-0.3, -0.25) is 14.7 Å². The van der Waals surface area contributed by atoms with Crippen LogP contribution in [0.4, 0.5) is 5.69 Å². The lowest BCUT2D eigenvalue weighted by molar-refractivity contribution is -0.496. The summed E-state index contributed by atoms with van der Waals surface area (Å²) in [5.74, 6) is 0. The largest absolute Gasteiger partial charge is 0.398 e. The van der Waals surface area contributed by atoms with Crippen LogP contribution in [0.1, 0.15) is 5.56 Å². The molecule has 7 nitrogen and oxygen atoms in total. The first kappa shape index (κ1) is 11.4. The number of nitro groups is 1. The molecule has 0 saturated carbocycles. The van der Waals surface area contributed by atoms with Crippen molar-refractivity contribution >= 4 is 15.8 Å². The summed E-state index contributed by atoms with van der Waals surface area (Å²) in [6.45, 7) is -0.448. The van der Waals surface area contributed by atoms with Crippen LogP contribution in [0.15, 0.2) is 23.1 Å². The van der Waals surface area contributed by atoms with Gasteiger partial charge >= 0.3 is 0 Å². The maximum Gasteiger partial charge on any atom is 0.296 e. The number of nitrogens with zero attached hydrogens (tertiary/aromatic N) is 1. The van der Waals surface area contributed by atoms with Crippen molar-refractivity contribution in [2.75, 3.05) is 5.73 Å². The highest BCUT2D eigenvalue weighted by Crippen LogP contribution is 2.19. The third-order valence-electron chi connectivity index (χ3n) is 1.66. The van der Waals surface area contributed by atoms with Crippen molar-refractivity contribution in [3.05, 3.63) is 33.9 Å². The van der Waals surface area contributed by atoms with E-state index in [9.17, 15) is 18.5 Å². The Morgan fingerprint density at radius 2 is 2.07 bits per heavy atom. The van der Waals surface area contributed by atoms with E-state index in [1.165, 1.54) is 6.07 Å². The van der Waals surface area contributed by atoms with E-state index in [-0.39, 0.29) is 11.3 Å². The molecular formula is C7H8N2O5S. The fraction of sp³-hybridized carbons (Fsp3) is 0.143. The average Bonchev–Trinajstić information content (AvgIpc) is 1.99. The van der Waals surface area contributed by atoms with E-state index >= 15 is 0 Å². The summed E-state index contributed by atoms with van der Waals surface area (Å²) in [7, 11) is -4.37. The first-order chi connectivity index (χ1) is 6.80. The van der Waals surface area contributed by atoms with Crippen molar-refractivity contribution < 1.29 is 17.9 Å². The van der Waals surface area contributed by atoms with Gasteiger partial charge < -0.3 is 5.73 Å². The zero-order chi connectivity index (χ0) is 11.6. The molecule has 0 saturated heterocycles. The topological polar surface area (TPSA) is 124 Å². The maximum absolute atomic E-state index is 10.7. The quantitative estimate of drug-likeness (QED) is 0.334. The van der Waals surface area contributed by atoms with E-state index < -0.39 is 26.5 Å². The molecule has 0 unspecified atom stereocenters. The molecular weight excluding hydrogens is 224 g/mol. The summed E-state index contributed by atoms with van der Waals surface area (Å²) in [6.07, 6.45) is 0. The lowest BCUT2D eigenvalue weighted by atomic mass is 10.2. The van der Waals surface area contributed by atoms with Crippen molar-refractivity contribution in [2.24, 2.45) is 0 Å². The molecule has 0 amide bonds. The molecule has 1 rings (SSSR count). The molecule has 15 heavy (non-hydrogen) atoms. The molecule has 0 bridgehead atoms. The fourth-order valence-corrected chi connectivity index (χ4v) is 1.68. The van der Waals surface area contributed by atoms with E-state index in [1.54, 1.807) is 0 Å². The molecule has 0 aliphatic carbocycles. The van der Waals surface area contributed by atoms with Crippen LogP contribution in [0.2, 0.25) is 0 Å². The Morgan fingerprint density at radius 1 is 1.47 bits per heavy atom. The number of benzene rings is 1. The molecule has 0 aromatic heterocycles. The minimum absolute atomic E-state index is 0.211. The van der Waals surface area contributed by atoms with Crippen LogP contribution in [0, 0.1) is 10.1 Å². The molecule has 0 heterocycles. The molecule has 0 aliphatic rings. The summed E-state index contributed by atoms with van der Waals surface area (Å²) in [6, 6.07) is 3.40. The average molecular weight is 232 g/mol. The number of nitrogen functional groups attached to an aromatic ring is 1. The van der Waals surface area contributed by atoms with Gasteiger partial charge in [0, 0.05) is 10.5 Å². The zero-order valence-electron chi connectivity index (χ0n) is 7.45. The van der Waals surface area contributed by atoms with Crippen LogP contribution < -0.4 is 5.73 Å². The van der Waals surface area contributed by atoms with Crippen LogP contribution in [0.5, 0.6) is 0 Å². The Bertz CT molecular complexity index is 496.